The fourth-order valence-electron chi connectivity index (χ4n) is 2.24. The molecule has 2 nitrogen and oxygen atoms in total. The van der Waals surface area contributed by atoms with Crippen LogP contribution in [0.3, 0.4) is 0 Å². The van der Waals surface area contributed by atoms with Crippen LogP contribution in [0.2, 0.25) is 5.02 Å². The van der Waals surface area contributed by atoms with Crippen LogP contribution in [-0.2, 0) is 11.2 Å². The average Bonchev–Trinajstić information content (AvgIpc) is 2.39. The zero-order chi connectivity index (χ0) is 14.8. The molecule has 0 aliphatic rings. The molecule has 0 heterocycles. The molecular formula is C16H21ClFNO. The predicted octanol–water partition coefficient (Wildman–Crippen LogP) is 4.13. The highest BCUT2D eigenvalue weighted by molar-refractivity contribution is 6.30. The molecule has 0 saturated carbocycles. The second kappa shape index (κ2) is 9.54. The fraction of sp³-hybridized carbons (Fsp3) is 0.438. The van der Waals surface area contributed by atoms with Crippen molar-refractivity contribution in [3.63, 3.8) is 0 Å². The smallest absolute Gasteiger partial charge is 0.207 e. The van der Waals surface area contributed by atoms with Crippen LogP contribution >= 0.6 is 11.6 Å². The first-order valence-electron chi connectivity index (χ1n) is 6.89. The molecule has 1 aromatic rings. The van der Waals surface area contributed by atoms with Crippen molar-refractivity contribution in [3.05, 3.63) is 46.8 Å². The van der Waals surface area contributed by atoms with E-state index in [1.165, 1.54) is 12.1 Å². The van der Waals surface area contributed by atoms with E-state index in [9.17, 15) is 9.18 Å². The Bertz CT molecular complexity index is 428. The maximum absolute atomic E-state index is 13.3. The largest absolute Gasteiger partial charge is 0.358 e. The number of hydrogen-bond donors (Lipinski definition) is 1. The van der Waals surface area contributed by atoms with Gasteiger partial charge in [-0.15, -0.1) is 0 Å². The Morgan fingerprint density at radius 1 is 1.40 bits per heavy atom. The van der Waals surface area contributed by atoms with E-state index in [0.717, 1.165) is 24.8 Å². The molecule has 1 N–H and O–H groups in total. The van der Waals surface area contributed by atoms with Gasteiger partial charge in [-0.05, 0) is 62.3 Å². The van der Waals surface area contributed by atoms with Crippen LogP contribution in [0.15, 0.2) is 30.4 Å². The molecule has 0 fully saturated rings. The van der Waals surface area contributed by atoms with Gasteiger partial charge in [0.25, 0.3) is 0 Å². The Morgan fingerprint density at radius 3 is 2.85 bits per heavy atom. The highest BCUT2D eigenvalue weighted by atomic mass is 35.5. The lowest BCUT2D eigenvalue weighted by molar-refractivity contribution is -0.109. The summed E-state index contributed by atoms with van der Waals surface area (Å²) in [5.41, 5.74) is 0.874. The van der Waals surface area contributed by atoms with Gasteiger partial charge in [-0.25, -0.2) is 4.39 Å². The van der Waals surface area contributed by atoms with Gasteiger partial charge in [-0.3, -0.25) is 4.79 Å². The lowest BCUT2D eigenvalue weighted by Gasteiger charge is -2.16. The summed E-state index contributed by atoms with van der Waals surface area (Å²) in [5.74, 6) is -0.0214. The monoisotopic (exact) mass is 297 g/mol. The Labute approximate surface area is 125 Å². The molecule has 0 spiro atoms. The Kier molecular flexibility index (Phi) is 7.97. The van der Waals surface area contributed by atoms with Gasteiger partial charge in [-0.1, -0.05) is 23.8 Å². The molecule has 20 heavy (non-hydrogen) atoms. The second-order valence-electron chi connectivity index (χ2n) is 4.87. The number of carbonyl (C=O) groups excluding carboxylic acids is 1. The molecule has 0 aliphatic carbocycles. The van der Waals surface area contributed by atoms with Gasteiger partial charge >= 0.3 is 0 Å². The van der Waals surface area contributed by atoms with Crippen LogP contribution in [0.4, 0.5) is 4.39 Å². The first-order valence-corrected chi connectivity index (χ1v) is 7.26. The molecule has 110 valence electrons. The van der Waals surface area contributed by atoms with Crippen LogP contribution < -0.4 is 5.32 Å². The van der Waals surface area contributed by atoms with E-state index in [2.05, 4.69) is 11.4 Å². The van der Waals surface area contributed by atoms with Crippen molar-refractivity contribution in [2.24, 2.45) is 5.92 Å². The Hall–Kier alpha value is -1.35. The first kappa shape index (κ1) is 16.7. The Balaban J connectivity index is 2.59. The fourth-order valence-corrected chi connectivity index (χ4v) is 2.49. The highest BCUT2D eigenvalue weighted by Crippen LogP contribution is 2.19. The van der Waals surface area contributed by atoms with Crippen molar-refractivity contribution in [1.82, 2.24) is 5.32 Å². The lowest BCUT2D eigenvalue weighted by atomic mass is 9.94. The summed E-state index contributed by atoms with van der Waals surface area (Å²) < 4.78 is 13.3. The minimum Gasteiger partial charge on any atom is -0.358 e. The quantitative estimate of drug-likeness (QED) is 0.414. The minimum atomic E-state index is -0.316. The van der Waals surface area contributed by atoms with Gasteiger partial charge in [0.1, 0.15) is 5.82 Å². The third-order valence-corrected chi connectivity index (χ3v) is 3.37. The molecule has 1 aromatic carbocycles. The number of hydrogen-bond acceptors (Lipinski definition) is 1. The molecular weight excluding hydrogens is 277 g/mol. The zero-order valence-electron chi connectivity index (χ0n) is 11.7. The van der Waals surface area contributed by atoms with Gasteiger partial charge in [0, 0.05) is 11.6 Å². The van der Waals surface area contributed by atoms with E-state index in [4.69, 9.17) is 11.6 Å². The van der Waals surface area contributed by atoms with Crippen LogP contribution in [0.5, 0.6) is 0 Å². The number of allylic oxidation sites excluding steroid dienone is 2. The summed E-state index contributed by atoms with van der Waals surface area (Å²) in [7, 11) is 0. The summed E-state index contributed by atoms with van der Waals surface area (Å²) in [6, 6.07) is 4.59. The zero-order valence-corrected chi connectivity index (χ0v) is 12.5. The maximum Gasteiger partial charge on any atom is 0.207 e. The number of rotatable bonds is 9. The highest BCUT2D eigenvalue weighted by Gasteiger charge is 2.10. The molecule has 0 radical (unpaired) electrons. The van der Waals surface area contributed by atoms with E-state index in [-0.39, 0.29) is 5.82 Å². The summed E-state index contributed by atoms with van der Waals surface area (Å²) >= 11 is 5.86. The second-order valence-corrected chi connectivity index (χ2v) is 5.31. The molecule has 0 saturated heterocycles. The molecule has 1 atom stereocenters. The van der Waals surface area contributed by atoms with Gasteiger partial charge in [-0.2, -0.15) is 0 Å². The number of halogens is 2. The summed E-state index contributed by atoms with van der Waals surface area (Å²) in [5, 5.41) is 3.13. The third kappa shape index (κ3) is 6.71. The van der Waals surface area contributed by atoms with Gasteiger partial charge in [0.15, 0.2) is 0 Å². The minimum absolute atomic E-state index is 0.295. The number of benzene rings is 1. The van der Waals surface area contributed by atoms with Crippen molar-refractivity contribution in [1.29, 1.82) is 0 Å². The van der Waals surface area contributed by atoms with Crippen molar-refractivity contribution in [2.45, 2.75) is 32.6 Å². The van der Waals surface area contributed by atoms with E-state index < -0.39 is 0 Å². The standard InChI is InChI=1S/C16H21ClFNO/c1-2-3-4-5-6-13(11-19-12-20)7-14-8-15(17)10-16(18)9-14/h2-3,8-10,12-13H,4-7,11H2,1H3,(H,19,20)/b3-2+. The van der Waals surface area contributed by atoms with Gasteiger partial charge in [0.05, 0.1) is 0 Å². The average molecular weight is 298 g/mol. The van der Waals surface area contributed by atoms with Crippen molar-refractivity contribution in [2.75, 3.05) is 6.54 Å². The molecule has 1 rings (SSSR count). The van der Waals surface area contributed by atoms with Gasteiger partial charge in [0.2, 0.25) is 6.41 Å². The Morgan fingerprint density at radius 2 is 2.20 bits per heavy atom. The van der Waals surface area contributed by atoms with Crippen LogP contribution in [-0.4, -0.2) is 13.0 Å². The molecule has 0 aliphatic heterocycles. The van der Waals surface area contributed by atoms with E-state index in [1.54, 1.807) is 6.07 Å². The van der Waals surface area contributed by atoms with Gasteiger partial charge < -0.3 is 5.32 Å². The summed E-state index contributed by atoms with van der Waals surface area (Å²) in [4.78, 5) is 10.4. The molecule has 4 heteroatoms. The summed E-state index contributed by atoms with van der Waals surface area (Å²) in [6.45, 7) is 2.60. The number of unbranched alkanes of at least 4 members (excludes halogenated alkanes) is 1. The first-order chi connectivity index (χ1) is 9.65. The molecule has 0 aromatic heterocycles. The SMILES string of the molecule is C/C=C/CCCC(CNC=O)Cc1cc(F)cc(Cl)c1. The van der Waals surface area contributed by atoms with E-state index in [1.807, 2.05) is 13.0 Å². The van der Waals surface area contributed by atoms with Crippen molar-refractivity contribution < 1.29 is 9.18 Å². The van der Waals surface area contributed by atoms with Crippen LogP contribution in [0, 0.1) is 11.7 Å². The summed E-state index contributed by atoms with van der Waals surface area (Å²) in [6.07, 6.45) is 8.65. The maximum atomic E-state index is 13.3. The van der Waals surface area contributed by atoms with Crippen molar-refractivity contribution >= 4 is 18.0 Å². The third-order valence-electron chi connectivity index (χ3n) is 3.16. The van der Waals surface area contributed by atoms with E-state index >= 15 is 0 Å². The molecule has 1 amide bonds. The number of amides is 1. The predicted molar refractivity (Wildman–Crippen MR) is 81.3 cm³/mol. The van der Waals surface area contributed by atoms with Crippen molar-refractivity contribution in [3.8, 4) is 0 Å². The molecule has 1 unspecified atom stereocenters. The number of nitrogens with one attached hydrogen (secondary N) is 1. The molecule has 0 bridgehead atoms. The topological polar surface area (TPSA) is 29.1 Å². The van der Waals surface area contributed by atoms with E-state index in [0.29, 0.717) is 30.3 Å². The lowest BCUT2D eigenvalue weighted by Crippen LogP contribution is -2.23. The number of carbonyl (C=O) groups is 1. The van der Waals surface area contributed by atoms with Crippen LogP contribution in [0.25, 0.3) is 0 Å². The van der Waals surface area contributed by atoms with Crippen LogP contribution in [0.1, 0.15) is 31.7 Å². The normalized spacial score (nSPS) is 12.6.